The Labute approximate surface area is 198 Å². The second kappa shape index (κ2) is 9.55. The number of rotatable bonds is 5. The van der Waals surface area contributed by atoms with E-state index in [0.29, 0.717) is 6.54 Å². The number of carbonyl (C=O) groups excluding carboxylic acids is 1. The lowest BCUT2D eigenvalue weighted by Crippen LogP contribution is -2.54. The van der Waals surface area contributed by atoms with Crippen LogP contribution < -0.4 is 4.90 Å². The fourth-order valence-corrected chi connectivity index (χ4v) is 4.98. The van der Waals surface area contributed by atoms with E-state index in [4.69, 9.17) is 4.98 Å². The zero-order valence-corrected chi connectivity index (χ0v) is 19.4. The smallest absolute Gasteiger partial charge is 0.254 e. The summed E-state index contributed by atoms with van der Waals surface area (Å²) in [6, 6.07) is 28.5. The molecule has 4 aromatic rings. The summed E-state index contributed by atoms with van der Waals surface area (Å²) in [7, 11) is 0. The van der Waals surface area contributed by atoms with Crippen molar-refractivity contribution in [1.82, 2.24) is 14.3 Å². The number of benzene rings is 3. The predicted molar refractivity (Wildman–Crippen MR) is 134 cm³/mol. The summed E-state index contributed by atoms with van der Waals surface area (Å²) in [6.07, 6.45) is 0.740. The molecule has 0 aliphatic carbocycles. The SMILES string of the molecule is CC1CN(c2nc(Cc3ccccc3)ns2)CCN1C(=O)c1ccc(-c2ccccc2)cc1. The van der Waals surface area contributed by atoms with E-state index < -0.39 is 0 Å². The van der Waals surface area contributed by atoms with Crippen molar-refractivity contribution in [3.05, 3.63) is 102 Å². The van der Waals surface area contributed by atoms with Crippen LogP contribution in [0.3, 0.4) is 0 Å². The fourth-order valence-electron chi connectivity index (χ4n) is 4.26. The number of nitrogens with zero attached hydrogens (tertiary/aromatic N) is 4. The molecule has 1 fully saturated rings. The second-order valence-corrected chi connectivity index (χ2v) is 9.12. The number of hydrogen-bond acceptors (Lipinski definition) is 5. The van der Waals surface area contributed by atoms with Crippen molar-refractivity contribution >= 4 is 22.6 Å². The fraction of sp³-hybridized carbons (Fsp3) is 0.222. The zero-order chi connectivity index (χ0) is 22.6. The largest absolute Gasteiger partial charge is 0.343 e. The third kappa shape index (κ3) is 4.81. The lowest BCUT2D eigenvalue weighted by molar-refractivity contribution is 0.0674. The van der Waals surface area contributed by atoms with Crippen LogP contribution in [-0.4, -0.2) is 45.8 Å². The molecule has 1 aliphatic heterocycles. The summed E-state index contributed by atoms with van der Waals surface area (Å²) in [5, 5.41) is 0.937. The van der Waals surface area contributed by atoms with Gasteiger partial charge in [0.1, 0.15) is 5.82 Å². The first-order chi connectivity index (χ1) is 16.2. The average molecular weight is 455 g/mol. The van der Waals surface area contributed by atoms with Gasteiger partial charge in [-0.1, -0.05) is 72.8 Å². The summed E-state index contributed by atoms with van der Waals surface area (Å²) < 4.78 is 4.55. The number of carbonyl (C=O) groups is 1. The van der Waals surface area contributed by atoms with Crippen LogP contribution in [0.4, 0.5) is 5.13 Å². The molecule has 1 amide bonds. The van der Waals surface area contributed by atoms with Crippen LogP contribution in [0.5, 0.6) is 0 Å². The molecule has 5 nitrogen and oxygen atoms in total. The maximum Gasteiger partial charge on any atom is 0.254 e. The van der Waals surface area contributed by atoms with Crippen molar-refractivity contribution in [2.45, 2.75) is 19.4 Å². The van der Waals surface area contributed by atoms with Gasteiger partial charge < -0.3 is 9.80 Å². The Kier molecular flexibility index (Phi) is 6.17. The minimum Gasteiger partial charge on any atom is -0.343 e. The maximum absolute atomic E-state index is 13.2. The van der Waals surface area contributed by atoms with Gasteiger partial charge in [-0.3, -0.25) is 4.79 Å². The molecule has 1 atom stereocenters. The maximum atomic E-state index is 13.2. The van der Waals surface area contributed by atoms with Crippen molar-refractivity contribution < 1.29 is 4.79 Å². The lowest BCUT2D eigenvalue weighted by Gasteiger charge is -2.39. The Hall–Kier alpha value is -3.51. The van der Waals surface area contributed by atoms with Crippen LogP contribution in [0.25, 0.3) is 11.1 Å². The van der Waals surface area contributed by atoms with E-state index in [9.17, 15) is 4.79 Å². The summed E-state index contributed by atoms with van der Waals surface area (Å²) >= 11 is 1.44. The minimum absolute atomic E-state index is 0.0868. The number of anilines is 1. The van der Waals surface area contributed by atoms with Crippen LogP contribution >= 0.6 is 11.5 Å². The van der Waals surface area contributed by atoms with Gasteiger partial charge in [-0.2, -0.15) is 4.37 Å². The molecule has 0 saturated carbocycles. The summed E-state index contributed by atoms with van der Waals surface area (Å²) in [5.41, 5.74) is 4.22. The lowest BCUT2D eigenvalue weighted by atomic mass is 10.0. The van der Waals surface area contributed by atoms with E-state index in [1.54, 1.807) is 0 Å². The molecular weight excluding hydrogens is 428 g/mol. The second-order valence-electron chi connectivity index (χ2n) is 8.39. The molecule has 3 aromatic carbocycles. The highest BCUT2D eigenvalue weighted by atomic mass is 32.1. The molecule has 0 radical (unpaired) electrons. The number of hydrogen-bond donors (Lipinski definition) is 0. The van der Waals surface area contributed by atoms with Crippen molar-refractivity contribution in [3.8, 4) is 11.1 Å². The quantitative estimate of drug-likeness (QED) is 0.419. The van der Waals surface area contributed by atoms with Gasteiger partial charge in [0, 0.05) is 49.2 Å². The Bertz CT molecular complexity index is 1210. The molecule has 1 aromatic heterocycles. The van der Waals surface area contributed by atoms with Crippen LogP contribution in [0.1, 0.15) is 28.7 Å². The van der Waals surface area contributed by atoms with E-state index >= 15 is 0 Å². The standard InChI is InChI=1S/C27H26N4OS/c1-20-19-30(27-28-25(29-33-27)18-21-8-4-2-5-9-21)16-17-31(20)26(32)24-14-12-23(13-15-24)22-10-6-3-7-11-22/h2-15,20H,16-19H2,1H3. The molecule has 0 bridgehead atoms. The van der Waals surface area contributed by atoms with Gasteiger partial charge in [0.2, 0.25) is 5.13 Å². The molecule has 2 heterocycles. The Morgan fingerprint density at radius 1 is 0.909 bits per heavy atom. The van der Waals surface area contributed by atoms with E-state index in [-0.39, 0.29) is 11.9 Å². The molecule has 1 aliphatic rings. The van der Waals surface area contributed by atoms with Gasteiger partial charge in [-0.25, -0.2) is 4.98 Å². The number of aromatic nitrogens is 2. The van der Waals surface area contributed by atoms with Gasteiger partial charge in [-0.05, 0) is 35.7 Å². The molecule has 0 N–H and O–H groups in total. The van der Waals surface area contributed by atoms with Gasteiger partial charge in [0.25, 0.3) is 5.91 Å². The Morgan fingerprint density at radius 3 is 2.27 bits per heavy atom. The third-order valence-corrected chi connectivity index (χ3v) is 6.88. The van der Waals surface area contributed by atoms with E-state index in [2.05, 4.69) is 40.5 Å². The molecule has 6 heteroatoms. The summed E-state index contributed by atoms with van der Waals surface area (Å²) in [5.74, 6) is 0.939. The van der Waals surface area contributed by atoms with E-state index in [1.807, 2.05) is 65.6 Å². The predicted octanol–water partition coefficient (Wildman–Crippen LogP) is 5.15. The first kappa shape index (κ1) is 21.3. The molecule has 1 saturated heterocycles. The van der Waals surface area contributed by atoms with E-state index in [1.165, 1.54) is 17.1 Å². The van der Waals surface area contributed by atoms with Gasteiger partial charge >= 0.3 is 0 Å². The Morgan fingerprint density at radius 2 is 1.58 bits per heavy atom. The topological polar surface area (TPSA) is 49.3 Å². The molecule has 0 spiro atoms. The van der Waals surface area contributed by atoms with Gasteiger partial charge in [0.15, 0.2) is 0 Å². The zero-order valence-electron chi connectivity index (χ0n) is 18.6. The van der Waals surface area contributed by atoms with Crippen LogP contribution in [0.15, 0.2) is 84.9 Å². The molecule has 166 valence electrons. The third-order valence-electron chi connectivity index (χ3n) is 6.06. The van der Waals surface area contributed by atoms with Crippen molar-refractivity contribution in [3.63, 3.8) is 0 Å². The van der Waals surface area contributed by atoms with Crippen molar-refractivity contribution in [1.29, 1.82) is 0 Å². The van der Waals surface area contributed by atoms with Crippen LogP contribution in [-0.2, 0) is 6.42 Å². The Balaban J connectivity index is 1.22. The van der Waals surface area contributed by atoms with Crippen molar-refractivity contribution in [2.24, 2.45) is 0 Å². The van der Waals surface area contributed by atoms with Gasteiger partial charge in [0.05, 0.1) is 0 Å². The van der Waals surface area contributed by atoms with E-state index in [0.717, 1.165) is 47.2 Å². The minimum atomic E-state index is 0.0868. The highest BCUT2D eigenvalue weighted by Gasteiger charge is 2.29. The molecule has 5 rings (SSSR count). The summed E-state index contributed by atoms with van der Waals surface area (Å²) in [6.45, 7) is 4.30. The average Bonchev–Trinajstić information content (AvgIpc) is 3.33. The summed E-state index contributed by atoms with van der Waals surface area (Å²) in [4.78, 5) is 22.2. The normalized spacial score (nSPS) is 16.1. The van der Waals surface area contributed by atoms with Crippen molar-refractivity contribution in [2.75, 3.05) is 24.5 Å². The monoisotopic (exact) mass is 454 g/mol. The molecule has 33 heavy (non-hydrogen) atoms. The van der Waals surface area contributed by atoms with Crippen LogP contribution in [0.2, 0.25) is 0 Å². The first-order valence-electron chi connectivity index (χ1n) is 11.3. The molecule has 1 unspecified atom stereocenters. The number of amides is 1. The highest BCUT2D eigenvalue weighted by Crippen LogP contribution is 2.24. The van der Waals surface area contributed by atoms with Crippen LogP contribution in [0, 0.1) is 0 Å². The first-order valence-corrected chi connectivity index (χ1v) is 12.0. The van der Waals surface area contributed by atoms with Gasteiger partial charge in [-0.15, -0.1) is 0 Å². The highest BCUT2D eigenvalue weighted by molar-refractivity contribution is 7.09. The number of piperazine rings is 1. The molecular formula is C27H26N4OS.